The number of nitrogens with one attached hydrogen (secondary N) is 2. The number of aromatic nitrogens is 1. The third-order valence-electron chi connectivity index (χ3n) is 3.17. The molecular weight excluding hydrogens is 265 g/mol. The lowest BCUT2D eigenvalue weighted by atomic mass is 10.1. The smallest absolute Gasteiger partial charge is 0.166 e. The summed E-state index contributed by atoms with van der Waals surface area (Å²) in [7, 11) is 0. The highest BCUT2D eigenvalue weighted by molar-refractivity contribution is 6.30. The first kappa shape index (κ1) is 12.4. The highest BCUT2D eigenvalue weighted by Gasteiger charge is 2.10. The Morgan fingerprint density at radius 2 is 2.11 bits per heavy atom. The lowest BCUT2D eigenvalue weighted by molar-refractivity contribution is 0.624. The molecule has 19 heavy (non-hydrogen) atoms. The van der Waals surface area contributed by atoms with E-state index in [9.17, 15) is 4.39 Å². The van der Waals surface area contributed by atoms with Gasteiger partial charge in [-0.3, -0.25) is 0 Å². The van der Waals surface area contributed by atoms with Crippen LogP contribution >= 0.6 is 11.6 Å². The number of hydrogen-bond acceptors (Lipinski definition) is 3. The van der Waals surface area contributed by atoms with Crippen LogP contribution in [0.4, 0.5) is 10.2 Å². The minimum atomic E-state index is -0.435. The minimum Gasteiger partial charge on any atom is -0.364 e. The van der Waals surface area contributed by atoms with Gasteiger partial charge in [0.05, 0.1) is 5.02 Å². The average Bonchev–Trinajstić information content (AvgIpc) is 2.85. The molecule has 3 rings (SSSR count). The second-order valence-corrected chi connectivity index (χ2v) is 4.98. The van der Waals surface area contributed by atoms with E-state index in [2.05, 4.69) is 27.8 Å². The third kappa shape index (κ3) is 2.69. The monoisotopic (exact) mass is 277 g/mol. The van der Waals surface area contributed by atoms with Gasteiger partial charge < -0.3 is 10.6 Å². The van der Waals surface area contributed by atoms with Gasteiger partial charge in [0, 0.05) is 25.8 Å². The SMILES string of the molecule is Fc1cc(Cl)cnc1NCc1ccc2c(c1)CNC2. The molecule has 0 radical (unpaired) electrons. The number of hydrogen-bond donors (Lipinski definition) is 2. The molecule has 1 aromatic carbocycles. The van der Waals surface area contributed by atoms with Crippen molar-refractivity contribution in [3.63, 3.8) is 0 Å². The van der Waals surface area contributed by atoms with Crippen LogP contribution in [-0.4, -0.2) is 4.98 Å². The molecule has 1 aliphatic rings. The van der Waals surface area contributed by atoms with Gasteiger partial charge in [-0.1, -0.05) is 29.8 Å². The van der Waals surface area contributed by atoms with Gasteiger partial charge in [-0.2, -0.15) is 0 Å². The summed E-state index contributed by atoms with van der Waals surface area (Å²) < 4.78 is 13.6. The molecule has 0 spiro atoms. The Hall–Kier alpha value is -1.65. The molecule has 1 aromatic heterocycles. The fourth-order valence-corrected chi connectivity index (χ4v) is 2.33. The Kier molecular flexibility index (Phi) is 3.36. The Morgan fingerprint density at radius 3 is 2.95 bits per heavy atom. The third-order valence-corrected chi connectivity index (χ3v) is 3.38. The fourth-order valence-electron chi connectivity index (χ4n) is 2.19. The lowest BCUT2D eigenvalue weighted by Gasteiger charge is -2.08. The maximum Gasteiger partial charge on any atom is 0.166 e. The van der Waals surface area contributed by atoms with Gasteiger partial charge in [-0.25, -0.2) is 9.37 Å². The second kappa shape index (κ2) is 5.15. The molecule has 2 heterocycles. The molecule has 5 heteroatoms. The largest absolute Gasteiger partial charge is 0.364 e. The van der Waals surface area contributed by atoms with Crippen molar-refractivity contribution in [1.29, 1.82) is 0 Å². The second-order valence-electron chi connectivity index (χ2n) is 4.54. The van der Waals surface area contributed by atoms with Crippen LogP contribution in [0.3, 0.4) is 0 Å². The van der Waals surface area contributed by atoms with Crippen molar-refractivity contribution in [1.82, 2.24) is 10.3 Å². The van der Waals surface area contributed by atoms with Gasteiger partial charge in [0.2, 0.25) is 0 Å². The summed E-state index contributed by atoms with van der Waals surface area (Å²) in [5.74, 6) is -0.210. The van der Waals surface area contributed by atoms with Gasteiger partial charge >= 0.3 is 0 Å². The lowest BCUT2D eigenvalue weighted by Crippen LogP contribution is -2.04. The first-order valence-corrected chi connectivity index (χ1v) is 6.46. The summed E-state index contributed by atoms with van der Waals surface area (Å²) in [5.41, 5.74) is 3.75. The summed E-state index contributed by atoms with van der Waals surface area (Å²) in [6, 6.07) is 7.55. The van der Waals surface area contributed by atoms with E-state index in [1.807, 2.05) is 6.07 Å². The Bertz CT molecular complexity index is 616. The van der Waals surface area contributed by atoms with Crippen molar-refractivity contribution >= 4 is 17.4 Å². The predicted octanol–water partition coefficient (Wildman–Crippen LogP) is 3.09. The van der Waals surface area contributed by atoms with E-state index in [0.29, 0.717) is 11.6 Å². The van der Waals surface area contributed by atoms with Gasteiger partial charge in [-0.15, -0.1) is 0 Å². The van der Waals surface area contributed by atoms with E-state index in [1.54, 1.807) is 0 Å². The maximum atomic E-state index is 13.6. The van der Waals surface area contributed by atoms with Gasteiger partial charge in [0.25, 0.3) is 0 Å². The zero-order chi connectivity index (χ0) is 13.2. The van der Waals surface area contributed by atoms with Crippen molar-refractivity contribution < 1.29 is 4.39 Å². The molecule has 3 nitrogen and oxygen atoms in total. The van der Waals surface area contributed by atoms with Crippen molar-refractivity contribution in [3.05, 3.63) is 58.0 Å². The molecule has 0 fully saturated rings. The summed E-state index contributed by atoms with van der Waals surface area (Å²) in [6.45, 7) is 2.37. The van der Waals surface area contributed by atoms with E-state index < -0.39 is 5.82 Å². The number of benzene rings is 1. The molecule has 0 saturated heterocycles. The molecule has 0 aliphatic carbocycles. The molecular formula is C14H13ClFN3. The van der Waals surface area contributed by atoms with E-state index in [0.717, 1.165) is 18.7 Å². The highest BCUT2D eigenvalue weighted by Crippen LogP contribution is 2.19. The van der Waals surface area contributed by atoms with Crippen molar-refractivity contribution in [2.24, 2.45) is 0 Å². The van der Waals surface area contributed by atoms with Crippen LogP contribution in [-0.2, 0) is 19.6 Å². The van der Waals surface area contributed by atoms with E-state index in [4.69, 9.17) is 11.6 Å². The van der Waals surface area contributed by atoms with Crippen LogP contribution in [0.15, 0.2) is 30.5 Å². The molecule has 2 aromatic rings. The first-order chi connectivity index (χ1) is 9.22. The van der Waals surface area contributed by atoms with E-state index >= 15 is 0 Å². The van der Waals surface area contributed by atoms with E-state index in [1.165, 1.54) is 23.4 Å². The Morgan fingerprint density at radius 1 is 1.26 bits per heavy atom. The first-order valence-electron chi connectivity index (χ1n) is 6.09. The zero-order valence-electron chi connectivity index (χ0n) is 10.2. The van der Waals surface area contributed by atoms with Crippen molar-refractivity contribution in [3.8, 4) is 0 Å². The molecule has 0 unspecified atom stereocenters. The number of anilines is 1. The quantitative estimate of drug-likeness (QED) is 0.905. The summed E-state index contributed by atoms with van der Waals surface area (Å²) in [5, 5.41) is 6.58. The molecule has 0 amide bonds. The molecule has 2 N–H and O–H groups in total. The average molecular weight is 278 g/mol. The number of pyridine rings is 1. The zero-order valence-corrected chi connectivity index (χ0v) is 11.0. The predicted molar refractivity (Wildman–Crippen MR) is 73.5 cm³/mol. The minimum absolute atomic E-state index is 0.225. The summed E-state index contributed by atoms with van der Waals surface area (Å²) in [6.07, 6.45) is 1.43. The molecule has 1 aliphatic heterocycles. The van der Waals surface area contributed by atoms with Gasteiger partial charge in [-0.05, 0) is 22.8 Å². The molecule has 0 atom stereocenters. The van der Waals surface area contributed by atoms with Crippen LogP contribution in [0, 0.1) is 5.82 Å². The van der Waals surface area contributed by atoms with Crippen molar-refractivity contribution in [2.45, 2.75) is 19.6 Å². The van der Waals surface area contributed by atoms with Crippen molar-refractivity contribution in [2.75, 3.05) is 5.32 Å². The standard InChI is InChI=1S/C14H13ClFN3/c15-12-4-13(16)14(19-8-12)18-5-9-1-2-10-6-17-7-11(10)3-9/h1-4,8,17H,5-7H2,(H,18,19). The number of fused-ring (bicyclic) bond motifs is 1. The van der Waals surface area contributed by atoms with E-state index in [-0.39, 0.29) is 5.82 Å². The number of nitrogens with zero attached hydrogens (tertiary/aromatic N) is 1. The van der Waals surface area contributed by atoms with Crippen LogP contribution in [0.25, 0.3) is 0 Å². The molecule has 0 bridgehead atoms. The Labute approximate surface area is 115 Å². The van der Waals surface area contributed by atoms with Crippen LogP contribution in [0.1, 0.15) is 16.7 Å². The topological polar surface area (TPSA) is 37.0 Å². The highest BCUT2D eigenvalue weighted by atomic mass is 35.5. The summed E-state index contributed by atoms with van der Waals surface area (Å²) in [4.78, 5) is 3.93. The Balaban J connectivity index is 1.72. The number of rotatable bonds is 3. The summed E-state index contributed by atoms with van der Waals surface area (Å²) >= 11 is 5.66. The fraction of sp³-hybridized carbons (Fsp3) is 0.214. The maximum absolute atomic E-state index is 13.6. The van der Waals surface area contributed by atoms with Gasteiger partial charge in [0.15, 0.2) is 11.6 Å². The molecule has 0 saturated carbocycles. The normalized spacial score (nSPS) is 13.4. The number of halogens is 2. The van der Waals surface area contributed by atoms with Crippen LogP contribution < -0.4 is 10.6 Å². The van der Waals surface area contributed by atoms with Gasteiger partial charge in [0.1, 0.15) is 0 Å². The van der Waals surface area contributed by atoms with Crippen LogP contribution in [0.2, 0.25) is 5.02 Å². The van der Waals surface area contributed by atoms with Crippen LogP contribution in [0.5, 0.6) is 0 Å². The molecule has 98 valence electrons.